The highest BCUT2D eigenvalue weighted by atomic mass is 31.2. The van der Waals surface area contributed by atoms with Crippen molar-refractivity contribution in [2.75, 3.05) is 12.3 Å². The van der Waals surface area contributed by atoms with Crippen molar-refractivity contribution in [3.8, 4) is 22.8 Å². The van der Waals surface area contributed by atoms with Gasteiger partial charge in [0.2, 0.25) is 5.82 Å². The van der Waals surface area contributed by atoms with Gasteiger partial charge in [0.1, 0.15) is 36.0 Å². The van der Waals surface area contributed by atoms with Gasteiger partial charge in [-0.25, -0.2) is 28.7 Å². The second kappa shape index (κ2) is 11.2. The topological polar surface area (TPSA) is 231 Å². The summed E-state index contributed by atoms with van der Waals surface area (Å²) >= 11 is 0. The van der Waals surface area contributed by atoms with Gasteiger partial charge in [-0.3, -0.25) is 14.0 Å². The van der Waals surface area contributed by atoms with Crippen LogP contribution in [0.15, 0.2) is 65.7 Å². The highest BCUT2D eigenvalue weighted by Crippen LogP contribution is 2.45. The van der Waals surface area contributed by atoms with Crippen LogP contribution in [0.2, 0.25) is 0 Å². The average Bonchev–Trinajstić information content (AvgIpc) is 3.71. The second-order valence-electron chi connectivity index (χ2n) is 9.26. The molecule has 1 unspecified atom stereocenters. The number of carbonyl (C=O) groups is 1. The number of aliphatic hydroxyl groups is 2. The molecule has 0 aliphatic carbocycles. The fourth-order valence-electron chi connectivity index (χ4n) is 4.37. The molecular weight excluding hydrogens is 592 g/mol. The molecule has 0 spiro atoms. The first-order chi connectivity index (χ1) is 20.6. The monoisotopic (exact) mass is 613 g/mol. The third-order valence-corrected chi connectivity index (χ3v) is 7.36. The third kappa shape index (κ3) is 5.60. The largest absolute Gasteiger partial charge is 0.529 e. The number of benzene rings is 2. The van der Waals surface area contributed by atoms with Gasteiger partial charge in [-0.05, 0) is 24.3 Å². The van der Waals surface area contributed by atoms with E-state index >= 15 is 0 Å². The van der Waals surface area contributed by atoms with Gasteiger partial charge in [-0.1, -0.05) is 29.4 Å². The van der Waals surface area contributed by atoms with E-state index in [1.807, 2.05) is 0 Å². The van der Waals surface area contributed by atoms with Gasteiger partial charge < -0.3 is 29.7 Å². The van der Waals surface area contributed by atoms with Crippen molar-refractivity contribution in [1.82, 2.24) is 29.7 Å². The predicted octanol–water partition coefficient (Wildman–Crippen LogP) is 1.86. The Morgan fingerprint density at radius 2 is 1.93 bits per heavy atom. The Labute approximate surface area is 240 Å². The van der Waals surface area contributed by atoms with Crippen molar-refractivity contribution in [2.24, 2.45) is 0 Å². The summed E-state index contributed by atoms with van der Waals surface area (Å²) in [6, 6.07) is 11.4. The van der Waals surface area contributed by atoms with E-state index in [-0.39, 0.29) is 45.4 Å². The van der Waals surface area contributed by atoms with Crippen molar-refractivity contribution in [1.29, 1.82) is 0 Å². The van der Waals surface area contributed by atoms with Crippen LogP contribution in [-0.2, 0) is 18.3 Å². The van der Waals surface area contributed by atoms with Gasteiger partial charge in [-0.2, -0.15) is 4.98 Å². The summed E-state index contributed by atoms with van der Waals surface area (Å²) in [4.78, 5) is 39.0. The van der Waals surface area contributed by atoms with E-state index in [4.69, 9.17) is 19.5 Å². The molecule has 1 aliphatic rings. The Bertz CT molecular complexity index is 1870. The molecule has 0 radical (unpaired) electrons. The molecule has 43 heavy (non-hydrogen) atoms. The van der Waals surface area contributed by atoms with E-state index in [1.165, 1.54) is 59.7 Å². The zero-order chi connectivity index (χ0) is 30.3. The molecule has 2 aromatic carbocycles. The molecule has 5 atom stereocenters. The van der Waals surface area contributed by atoms with Gasteiger partial charge in [0.25, 0.3) is 5.89 Å². The van der Waals surface area contributed by atoms with Crippen LogP contribution in [0, 0.1) is 5.82 Å². The minimum atomic E-state index is -5.04. The van der Waals surface area contributed by atoms with E-state index in [2.05, 4.69) is 29.6 Å². The fraction of sp³-hybridized carbons (Fsp3) is 0.200. The lowest BCUT2D eigenvalue weighted by Crippen LogP contribution is -2.33. The van der Waals surface area contributed by atoms with Crippen LogP contribution in [0.5, 0.6) is 0 Å². The molecule has 0 amide bonds. The molecule has 1 aliphatic heterocycles. The van der Waals surface area contributed by atoms with Gasteiger partial charge in [0.15, 0.2) is 17.7 Å². The van der Waals surface area contributed by atoms with Gasteiger partial charge in [-0.15, -0.1) is 0 Å². The highest BCUT2D eigenvalue weighted by Gasteiger charge is 2.45. The maximum atomic E-state index is 14.1. The van der Waals surface area contributed by atoms with Crippen LogP contribution >= 0.6 is 7.82 Å². The minimum absolute atomic E-state index is 0.0247. The molecule has 6 rings (SSSR count). The Morgan fingerprint density at radius 3 is 2.74 bits per heavy atom. The van der Waals surface area contributed by atoms with Crippen LogP contribution < -0.4 is 5.73 Å². The first-order valence-electron chi connectivity index (χ1n) is 12.5. The maximum Gasteiger partial charge on any atom is 0.529 e. The molecule has 5 aromatic rings. The number of phosphoric ester groups is 1. The Balaban J connectivity index is 1.10. The summed E-state index contributed by atoms with van der Waals surface area (Å²) in [5.41, 5.74) is 6.44. The summed E-state index contributed by atoms with van der Waals surface area (Å²) in [6.07, 6.45) is -3.10. The molecule has 0 bridgehead atoms. The molecule has 5 N–H and O–H groups in total. The van der Waals surface area contributed by atoms with Crippen molar-refractivity contribution in [2.45, 2.75) is 24.5 Å². The van der Waals surface area contributed by atoms with Crippen molar-refractivity contribution in [3.05, 3.63) is 72.6 Å². The molecule has 1 saturated heterocycles. The summed E-state index contributed by atoms with van der Waals surface area (Å²) in [5, 5.41) is 24.8. The summed E-state index contributed by atoms with van der Waals surface area (Å²) in [5.74, 6) is -1.76. The number of fused-ring (bicyclic) bond motifs is 1. The zero-order valence-electron chi connectivity index (χ0n) is 21.7. The Morgan fingerprint density at radius 1 is 1.12 bits per heavy atom. The van der Waals surface area contributed by atoms with E-state index in [0.717, 1.165) is 0 Å². The fourth-order valence-corrected chi connectivity index (χ4v) is 5.08. The Kier molecular flexibility index (Phi) is 7.43. The first kappa shape index (κ1) is 28.5. The first-order valence-corrected chi connectivity index (χ1v) is 14.0. The summed E-state index contributed by atoms with van der Waals surface area (Å²) in [7, 11) is -5.04. The van der Waals surface area contributed by atoms with Crippen LogP contribution in [0.1, 0.15) is 16.6 Å². The van der Waals surface area contributed by atoms with E-state index < -0.39 is 50.8 Å². The number of carbonyl (C=O) groups excluding carboxylic acids is 1. The second-order valence-corrected chi connectivity index (χ2v) is 10.6. The van der Waals surface area contributed by atoms with Gasteiger partial charge >= 0.3 is 13.8 Å². The van der Waals surface area contributed by atoms with Crippen molar-refractivity contribution in [3.63, 3.8) is 0 Å². The van der Waals surface area contributed by atoms with Crippen LogP contribution in [0.4, 0.5) is 10.2 Å². The molecule has 4 heterocycles. The lowest BCUT2D eigenvalue weighted by Gasteiger charge is -2.17. The molecule has 1 fully saturated rings. The average molecular weight is 613 g/mol. The molecule has 18 heteroatoms. The number of nitrogens with zero attached hydrogens (tertiary/aromatic N) is 6. The lowest BCUT2D eigenvalue weighted by molar-refractivity contribution is -0.0508. The van der Waals surface area contributed by atoms with Crippen LogP contribution in [-0.4, -0.2) is 75.7 Å². The zero-order valence-corrected chi connectivity index (χ0v) is 22.6. The number of nitrogens with two attached hydrogens (primary N) is 1. The molecule has 0 saturated carbocycles. The Hall–Kier alpha value is -4.64. The minimum Gasteiger partial charge on any atom is -0.387 e. The summed E-state index contributed by atoms with van der Waals surface area (Å²) in [6.45, 7) is -0.735. The number of aromatic nitrogens is 6. The normalized spacial score (nSPS) is 21.6. The number of ether oxygens (including phenoxy) is 1. The molecular formula is C25H21FN7O9P. The number of anilines is 1. The van der Waals surface area contributed by atoms with Crippen LogP contribution in [0.25, 0.3) is 34.0 Å². The van der Waals surface area contributed by atoms with E-state index in [1.54, 1.807) is 6.07 Å². The van der Waals surface area contributed by atoms with E-state index in [9.17, 15) is 28.9 Å². The van der Waals surface area contributed by atoms with Gasteiger partial charge in [0.05, 0.1) is 24.1 Å². The van der Waals surface area contributed by atoms with Gasteiger partial charge in [0, 0.05) is 5.56 Å². The SMILES string of the molecule is Nc1ncnc2c1ncn2[C@@H]1O[C@H](COP(=O)(O)OC(=O)c2cccc(-c3noc(-c4ccccc4F)n3)c2)[C@@H](O)[C@H]1O. The number of hydrogen-bond acceptors (Lipinski definition) is 14. The predicted molar refractivity (Wildman–Crippen MR) is 142 cm³/mol. The maximum absolute atomic E-state index is 14.1. The number of rotatable bonds is 8. The summed E-state index contributed by atoms with van der Waals surface area (Å²) < 4.78 is 48.3. The number of imidazole rings is 1. The number of hydrogen-bond donors (Lipinski definition) is 4. The molecule has 222 valence electrons. The lowest BCUT2D eigenvalue weighted by atomic mass is 10.1. The number of halogens is 1. The third-order valence-electron chi connectivity index (χ3n) is 6.49. The van der Waals surface area contributed by atoms with Crippen molar-refractivity contribution < 1.29 is 47.2 Å². The number of aliphatic hydroxyl groups excluding tert-OH is 2. The number of phosphoric acid groups is 1. The highest BCUT2D eigenvalue weighted by molar-refractivity contribution is 7.48. The van der Waals surface area contributed by atoms with E-state index in [0.29, 0.717) is 0 Å². The smallest absolute Gasteiger partial charge is 0.387 e. The van der Waals surface area contributed by atoms with Crippen LogP contribution in [0.3, 0.4) is 0 Å². The molecule has 16 nitrogen and oxygen atoms in total. The standard InChI is InChI=1S/C25H21FN7O9P/c26-15-7-2-1-6-14(15)23-31-21(32-41-23)12-4-3-5-13(8-12)25(36)42-43(37,38)39-9-16-18(34)19(35)24(40-16)33-11-30-17-20(27)28-10-29-22(17)33/h1-8,10-11,16,18-19,24,34-35H,9H2,(H,37,38)(H2,27,28,29)/t16-,18-,19-,24-/m1/s1. The molecule has 3 aromatic heterocycles. The quantitative estimate of drug-likeness (QED) is 0.183. The number of nitrogen functional groups attached to an aromatic ring is 1. The van der Waals surface area contributed by atoms with Crippen molar-refractivity contribution >= 4 is 30.8 Å².